The van der Waals surface area contributed by atoms with E-state index in [-0.39, 0.29) is 5.75 Å². The fourth-order valence-electron chi connectivity index (χ4n) is 2.28. The molecular formula is C12H15FO3S. The molecule has 2 rings (SSSR count). The molecule has 1 saturated heterocycles. The number of phenols is 1. The lowest BCUT2D eigenvalue weighted by molar-refractivity contribution is 0.0754. The number of rotatable bonds is 2. The Bertz CT molecular complexity index is 421. The first kappa shape index (κ1) is 12.5. The lowest BCUT2D eigenvalue weighted by atomic mass is 9.90. The maximum atomic E-state index is 13.3. The van der Waals surface area contributed by atoms with Crippen molar-refractivity contribution >= 4 is 10.8 Å². The molecule has 0 saturated carbocycles. The van der Waals surface area contributed by atoms with Crippen LogP contribution in [-0.2, 0) is 20.3 Å². The van der Waals surface area contributed by atoms with Gasteiger partial charge in [0.2, 0.25) is 0 Å². The van der Waals surface area contributed by atoms with Gasteiger partial charge in [-0.2, -0.15) is 0 Å². The third-order valence-electron chi connectivity index (χ3n) is 3.26. The molecule has 1 aromatic rings. The first-order chi connectivity index (χ1) is 8.04. The summed E-state index contributed by atoms with van der Waals surface area (Å²) in [5, 5.41) is 9.45. The van der Waals surface area contributed by atoms with E-state index in [0.29, 0.717) is 31.6 Å². The van der Waals surface area contributed by atoms with Crippen LogP contribution in [0.3, 0.4) is 0 Å². The second-order valence-electron chi connectivity index (χ2n) is 4.26. The van der Waals surface area contributed by atoms with Gasteiger partial charge in [-0.05, 0) is 30.5 Å². The zero-order chi connectivity index (χ0) is 12.5. The number of benzene rings is 1. The van der Waals surface area contributed by atoms with Gasteiger partial charge in [0, 0.05) is 36.3 Å². The molecular weight excluding hydrogens is 243 g/mol. The van der Waals surface area contributed by atoms with Crippen molar-refractivity contribution in [1.29, 1.82) is 0 Å². The van der Waals surface area contributed by atoms with Crippen molar-refractivity contribution in [2.24, 2.45) is 0 Å². The average molecular weight is 258 g/mol. The van der Waals surface area contributed by atoms with Crippen LogP contribution in [0.2, 0.25) is 0 Å². The highest BCUT2D eigenvalue weighted by Crippen LogP contribution is 2.39. The van der Waals surface area contributed by atoms with E-state index in [0.717, 1.165) is 6.07 Å². The summed E-state index contributed by atoms with van der Waals surface area (Å²) in [6.45, 7) is 1.02. The van der Waals surface area contributed by atoms with Gasteiger partial charge in [-0.3, -0.25) is 4.21 Å². The quantitative estimate of drug-likeness (QED) is 0.881. The second kappa shape index (κ2) is 4.74. The Balaban J connectivity index is 2.48. The van der Waals surface area contributed by atoms with Crippen LogP contribution < -0.4 is 0 Å². The average Bonchev–Trinajstić information content (AvgIpc) is 2.28. The minimum atomic E-state index is -1.14. The van der Waals surface area contributed by atoms with Crippen molar-refractivity contribution in [3.8, 4) is 5.75 Å². The summed E-state index contributed by atoms with van der Waals surface area (Å²) < 4.78 is 30.0. The number of hydrogen-bond donors (Lipinski definition) is 1. The van der Waals surface area contributed by atoms with Gasteiger partial charge in [-0.1, -0.05) is 0 Å². The molecule has 0 aliphatic carbocycles. The van der Waals surface area contributed by atoms with Gasteiger partial charge in [-0.15, -0.1) is 0 Å². The molecule has 1 aliphatic heterocycles. The Kier molecular flexibility index (Phi) is 3.49. The van der Waals surface area contributed by atoms with E-state index in [1.165, 1.54) is 12.1 Å². The van der Waals surface area contributed by atoms with Crippen LogP contribution in [0, 0.1) is 5.82 Å². The maximum Gasteiger partial charge on any atom is 0.127 e. The molecule has 1 atom stereocenters. The van der Waals surface area contributed by atoms with E-state index in [4.69, 9.17) is 4.74 Å². The highest BCUT2D eigenvalue weighted by molar-refractivity contribution is 7.85. The van der Waals surface area contributed by atoms with E-state index < -0.39 is 21.4 Å². The molecule has 0 amide bonds. The molecule has 1 N–H and O–H groups in total. The lowest BCUT2D eigenvalue weighted by Crippen LogP contribution is -2.37. The van der Waals surface area contributed by atoms with Crippen LogP contribution in [0.5, 0.6) is 5.75 Å². The predicted molar refractivity (Wildman–Crippen MR) is 63.9 cm³/mol. The third-order valence-corrected chi connectivity index (χ3v) is 5.00. The van der Waals surface area contributed by atoms with E-state index in [1.54, 1.807) is 6.26 Å². The van der Waals surface area contributed by atoms with Gasteiger partial charge in [0.05, 0.1) is 4.75 Å². The zero-order valence-electron chi connectivity index (χ0n) is 9.61. The maximum absolute atomic E-state index is 13.3. The summed E-state index contributed by atoms with van der Waals surface area (Å²) in [6.07, 6.45) is 2.78. The molecule has 3 nitrogen and oxygen atoms in total. The Labute approximate surface area is 102 Å². The number of halogens is 1. The van der Waals surface area contributed by atoms with E-state index in [1.807, 2.05) is 0 Å². The standard InChI is InChI=1S/C12H15FO3S/c1-17(15)12(2-4-16-5-3-12)9-6-10(13)8-11(14)7-9/h6-8,14H,2-5H2,1H3. The summed E-state index contributed by atoms with van der Waals surface area (Å²) in [5.41, 5.74) is 0.596. The molecule has 1 unspecified atom stereocenters. The second-order valence-corrected chi connectivity index (χ2v) is 5.95. The Hall–Kier alpha value is -0.940. The van der Waals surface area contributed by atoms with Gasteiger partial charge in [0.1, 0.15) is 11.6 Å². The topological polar surface area (TPSA) is 46.5 Å². The van der Waals surface area contributed by atoms with Crippen molar-refractivity contribution in [2.75, 3.05) is 19.5 Å². The highest BCUT2D eigenvalue weighted by Gasteiger charge is 2.38. The van der Waals surface area contributed by atoms with Crippen molar-refractivity contribution in [1.82, 2.24) is 0 Å². The monoisotopic (exact) mass is 258 g/mol. The number of aromatic hydroxyl groups is 1. The molecule has 1 aromatic carbocycles. The van der Waals surface area contributed by atoms with Gasteiger partial charge < -0.3 is 9.84 Å². The van der Waals surface area contributed by atoms with Crippen LogP contribution in [-0.4, -0.2) is 28.8 Å². The number of phenolic OH excluding ortho intramolecular Hbond substituents is 1. The van der Waals surface area contributed by atoms with E-state index in [2.05, 4.69) is 0 Å². The normalized spacial score (nSPS) is 21.1. The van der Waals surface area contributed by atoms with Gasteiger partial charge >= 0.3 is 0 Å². The molecule has 1 heterocycles. The molecule has 1 aliphatic rings. The van der Waals surface area contributed by atoms with Crippen molar-refractivity contribution in [3.05, 3.63) is 29.6 Å². The first-order valence-corrected chi connectivity index (χ1v) is 7.02. The van der Waals surface area contributed by atoms with E-state index in [9.17, 15) is 13.7 Å². The number of hydrogen-bond acceptors (Lipinski definition) is 3. The zero-order valence-corrected chi connectivity index (χ0v) is 10.4. The van der Waals surface area contributed by atoms with Crippen LogP contribution in [0.4, 0.5) is 4.39 Å². The number of ether oxygens (including phenoxy) is 1. The molecule has 17 heavy (non-hydrogen) atoms. The third kappa shape index (κ3) is 2.35. The fourth-order valence-corrected chi connectivity index (χ4v) is 3.47. The van der Waals surface area contributed by atoms with Gasteiger partial charge in [-0.25, -0.2) is 4.39 Å². The van der Waals surface area contributed by atoms with Crippen LogP contribution >= 0.6 is 0 Å². The first-order valence-electron chi connectivity index (χ1n) is 5.46. The van der Waals surface area contributed by atoms with Gasteiger partial charge in [0.15, 0.2) is 0 Å². The smallest absolute Gasteiger partial charge is 0.127 e. The minimum Gasteiger partial charge on any atom is -0.508 e. The molecule has 94 valence electrons. The summed E-state index contributed by atoms with van der Waals surface area (Å²) >= 11 is 0. The minimum absolute atomic E-state index is 0.128. The Morgan fingerprint density at radius 2 is 2.00 bits per heavy atom. The summed E-state index contributed by atoms with van der Waals surface area (Å²) in [7, 11) is -1.14. The van der Waals surface area contributed by atoms with Crippen LogP contribution in [0.1, 0.15) is 18.4 Å². The lowest BCUT2D eigenvalue weighted by Gasteiger charge is -2.35. The van der Waals surface area contributed by atoms with Crippen LogP contribution in [0.25, 0.3) is 0 Å². The predicted octanol–water partition coefficient (Wildman–Crippen LogP) is 1.92. The molecule has 5 heteroatoms. The van der Waals surface area contributed by atoms with Crippen molar-refractivity contribution < 1.29 is 18.4 Å². The summed E-state index contributed by atoms with van der Waals surface area (Å²) in [6, 6.07) is 3.90. The van der Waals surface area contributed by atoms with Gasteiger partial charge in [0.25, 0.3) is 0 Å². The molecule has 0 aromatic heterocycles. The van der Waals surface area contributed by atoms with Crippen molar-refractivity contribution in [3.63, 3.8) is 0 Å². The van der Waals surface area contributed by atoms with Crippen LogP contribution in [0.15, 0.2) is 18.2 Å². The highest BCUT2D eigenvalue weighted by atomic mass is 32.2. The largest absolute Gasteiger partial charge is 0.508 e. The molecule has 0 bridgehead atoms. The SMILES string of the molecule is CS(=O)C1(c2cc(O)cc(F)c2)CCOCC1. The summed E-state index contributed by atoms with van der Waals surface area (Å²) in [5.74, 6) is -0.632. The van der Waals surface area contributed by atoms with E-state index >= 15 is 0 Å². The fraction of sp³-hybridized carbons (Fsp3) is 0.500. The Morgan fingerprint density at radius 1 is 1.35 bits per heavy atom. The van der Waals surface area contributed by atoms with Crippen molar-refractivity contribution in [2.45, 2.75) is 17.6 Å². The Morgan fingerprint density at radius 3 is 2.53 bits per heavy atom. The molecule has 1 fully saturated rings. The molecule has 0 radical (unpaired) electrons. The molecule has 0 spiro atoms. The summed E-state index contributed by atoms with van der Waals surface area (Å²) in [4.78, 5) is 0.